The molecule has 2 aliphatic heterocycles. The molecule has 11 aromatic rings. The minimum Gasteiger partial charge on any atom is -0.497 e. The van der Waals surface area contributed by atoms with Crippen molar-refractivity contribution >= 4 is 104 Å². The van der Waals surface area contributed by atoms with Crippen molar-refractivity contribution in [2.45, 2.75) is 140 Å². The Morgan fingerprint density at radius 3 is 1.53 bits per heavy atom. The first-order valence-electron chi connectivity index (χ1n) is 34.4. The van der Waals surface area contributed by atoms with Gasteiger partial charge in [-0.2, -0.15) is 0 Å². The summed E-state index contributed by atoms with van der Waals surface area (Å²) in [4.78, 5) is 18.6. The van der Waals surface area contributed by atoms with Crippen LogP contribution in [-0.4, -0.2) is 108 Å². The number of nitrogens with zero attached hydrogens (tertiary/aromatic N) is 6. The van der Waals surface area contributed by atoms with Crippen molar-refractivity contribution in [3.63, 3.8) is 0 Å². The van der Waals surface area contributed by atoms with Crippen LogP contribution in [0.15, 0.2) is 161 Å². The highest BCUT2D eigenvalue weighted by molar-refractivity contribution is 9.11. The molecule has 0 amide bonds. The average molecular weight is 1550 g/mol. The fourth-order valence-electron chi connectivity index (χ4n) is 15.2. The van der Waals surface area contributed by atoms with Crippen LogP contribution in [0.25, 0.3) is 43.6 Å². The molecule has 0 spiro atoms. The number of rotatable bonds is 21. The number of aryl methyl sites for hydroxylation is 4. The van der Waals surface area contributed by atoms with Crippen molar-refractivity contribution in [1.29, 1.82) is 0 Å². The zero-order valence-corrected chi connectivity index (χ0v) is 63.7. The summed E-state index contributed by atoms with van der Waals surface area (Å²) in [5, 5.41) is 8.81. The molecular formula is C80H86Br2Cl2N8O10. The zero-order valence-electron chi connectivity index (χ0n) is 59.0. The van der Waals surface area contributed by atoms with Crippen molar-refractivity contribution in [3.05, 3.63) is 205 Å². The van der Waals surface area contributed by atoms with E-state index in [1.807, 2.05) is 101 Å². The molecule has 3 N–H and O–H groups in total. The molecule has 102 heavy (non-hydrogen) atoms. The predicted molar refractivity (Wildman–Crippen MR) is 408 cm³/mol. The van der Waals surface area contributed by atoms with Gasteiger partial charge in [0.1, 0.15) is 62.8 Å². The predicted octanol–water partition coefficient (Wildman–Crippen LogP) is 18.0. The second kappa shape index (κ2) is 31.3. The van der Waals surface area contributed by atoms with Crippen molar-refractivity contribution < 1.29 is 47.4 Å². The van der Waals surface area contributed by atoms with E-state index in [0.717, 1.165) is 156 Å². The van der Waals surface area contributed by atoms with Crippen LogP contribution >= 0.6 is 55.1 Å². The van der Waals surface area contributed by atoms with E-state index < -0.39 is 11.6 Å². The highest BCUT2D eigenvalue weighted by Crippen LogP contribution is 2.51. The Morgan fingerprint density at radius 2 is 0.980 bits per heavy atom. The van der Waals surface area contributed by atoms with E-state index in [9.17, 15) is 0 Å². The van der Waals surface area contributed by atoms with E-state index in [2.05, 4.69) is 129 Å². The van der Waals surface area contributed by atoms with Gasteiger partial charge in [0.05, 0.1) is 104 Å². The van der Waals surface area contributed by atoms with E-state index >= 15 is 0 Å². The van der Waals surface area contributed by atoms with Gasteiger partial charge in [0, 0.05) is 88.7 Å². The monoisotopic (exact) mass is 1550 g/mol. The maximum atomic E-state index is 6.67. The Hall–Kier alpha value is -7.76. The molecule has 0 radical (unpaired) electrons. The van der Waals surface area contributed by atoms with Gasteiger partial charge in [-0.05, 0) is 212 Å². The maximum Gasteiger partial charge on any atom is 0.163 e. The number of nitrogens with one attached hydrogen (secondary N) is 1. The molecule has 6 aromatic heterocycles. The van der Waals surface area contributed by atoms with E-state index in [4.69, 9.17) is 86.3 Å². The molecule has 0 bridgehead atoms. The Balaban J connectivity index is 0.000000169. The van der Waals surface area contributed by atoms with Crippen LogP contribution in [0.5, 0.6) is 34.5 Å². The van der Waals surface area contributed by atoms with Crippen LogP contribution in [0, 0.1) is 11.8 Å². The number of ether oxygens (including phenoxy) is 10. The van der Waals surface area contributed by atoms with E-state index in [-0.39, 0.29) is 36.5 Å². The van der Waals surface area contributed by atoms with Gasteiger partial charge in [-0.1, -0.05) is 59.6 Å². The number of hydrogen-bond acceptors (Lipinski definition) is 16. The van der Waals surface area contributed by atoms with Crippen molar-refractivity contribution in [2.75, 3.05) is 48.0 Å². The van der Waals surface area contributed by atoms with Gasteiger partial charge in [0.2, 0.25) is 0 Å². The lowest BCUT2D eigenvalue weighted by Gasteiger charge is -2.25. The molecule has 2 saturated carbocycles. The van der Waals surface area contributed by atoms with Gasteiger partial charge in [0.15, 0.2) is 11.6 Å². The van der Waals surface area contributed by atoms with E-state index in [0.29, 0.717) is 35.2 Å². The van der Waals surface area contributed by atoms with Gasteiger partial charge in [-0.25, -0.2) is 15.0 Å². The number of fused-ring (bicyclic) bond motifs is 6. The first-order chi connectivity index (χ1) is 49.3. The van der Waals surface area contributed by atoms with Gasteiger partial charge in [-0.3, -0.25) is 4.98 Å². The number of benzene rings is 5. The lowest BCUT2D eigenvalue weighted by atomic mass is 9.95. The minimum atomic E-state index is -0.640. The molecule has 22 heteroatoms. The molecule has 8 heterocycles. The number of halogens is 4. The molecule has 18 nitrogen and oxygen atoms in total. The Labute approximate surface area is 622 Å². The molecule has 4 aliphatic rings. The summed E-state index contributed by atoms with van der Waals surface area (Å²) in [6, 6.07) is 43.3. The number of aromatic nitrogens is 6. The molecule has 2 saturated heterocycles. The molecule has 8 atom stereocenters. The largest absolute Gasteiger partial charge is 0.497 e. The molecular weight excluding hydrogens is 1460 g/mol. The third-order valence-electron chi connectivity index (χ3n) is 20.2. The van der Waals surface area contributed by atoms with Crippen LogP contribution in [0.2, 0.25) is 10.3 Å². The molecule has 4 fully saturated rings. The van der Waals surface area contributed by atoms with Gasteiger partial charge >= 0.3 is 0 Å². The standard InChI is InChI=1S/C45H49BrN4O6.C26H24BrCl2N3O2.C9H13NO2/c1-45(2)55-42-30(10-8-27-7-9-29-22-35(46)44(49-37(29)21-27)48-26-31-12-15-33(52-4)25-41(31)54-6)23-39(43(42)56-45)50-20-18-34-36(47-19-17-38(34)50)16-13-28-11-14-32(51-3)24-40(28)53-5;1-26(2)33-22-16(6-4-14-3-5-15-12-18(27)25(29)31-19(15)11-14)13-21(23(22)34-26)32-10-8-17-20(32)7-9-30-24(17)28;1-11-8-4-3-7(6-10)9(5-8)12-2/h7,9,11-12,14-15,17-22,24-25,30,39,42-43H,8,10,13,16,23,26H2,1-6H3,(H,48,49);3,5,7-12,16,21-23H,4,6,13H2,1-2H3;3-5H,6,10H2,1-2H3/t30-,39+,42+,43-;16-,21+,22+,23-;/m00./s1. The van der Waals surface area contributed by atoms with Gasteiger partial charge in [-0.15, -0.1) is 0 Å². The lowest BCUT2D eigenvalue weighted by Crippen LogP contribution is -2.27. The Bertz CT molecular complexity index is 4820. The van der Waals surface area contributed by atoms with Crippen molar-refractivity contribution in [1.82, 2.24) is 29.1 Å². The molecule has 0 unspecified atom stereocenters. The van der Waals surface area contributed by atoms with Crippen LogP contribution in [-0.2, 0) is 57.7 Å². The summed E-state index contributed by atoms with van der Waals surface area (Å²) in [5.74, 6) is 4.95. The van der Waals surface area contributed by atoms with Crippen LogP contribution in [0.3, 0.4) is 0 Å². The number of pyridine rings is 4. The number of methoxy groups -OCH3 is 6. The van der Waals surface area contributed by atoms with Crippen molar-refractivity contribution in [2.24, 2.45) is 17.6 Å². The summed E-state index contributed by atoms with van der Waals surface area (Å²) >= 11 is 19.7. The number of nitrogens with two attached hydrogens (primary N) is 1. The maximum absolute atomic E-state index is 6.67. The highest BCUT2D eigenvalue weighted by Gasteiger charge is 2.56. The van der Waals surface area contributed by atoms with E-state index in [1.165, 1.54) is 22.0 Å². The summed E-state index contributed by atoms with van der Waals surface area (Å²) < 4.78 is 64.8. The number of hydrogen-bond donors (Lipinski definition) is 2. The van der Waals surface area contributed by atoms with Crippen LogP contribution < -0.4 is 39.5 Å². The second-order valence-electron chi connectivity index (χ2n) is 27.2. The zero-order chi connectivity index (χ0) is 71.6. The summed E-state index contributed by atoms with van der Waals surface area (Å²) in [7, 11) is 9.93. The van der Waals surface area contributed by atoms with Gasteiger partial charge in [0.25, 0.3) is 0 Å². The fraction of sp³-hybridized carbons (Fsp3) is 0.375. The van der Waals surface area contributed by atoms with Crippen molar-refractivity contribution in [3.8, 4) is 34.5 Å². The summed E-state index contributed by atoms with van der Waals surface area (Å²) in [6.45, 7) is 9.11. The van der Waals surface area contributed by atoms with Gasteiger partial charge < -0.3 is 67.6 Å². The van der Waals surface area contributed by atoms with Crippen LogP contribution in [0.4, 0.5) is 5.82 Å². The quantitative estimate of drug-likeness (QED) is 0.0645. The first-order valence-corrected chi connectivity index (χ1v) is 36.8. The highest BCUT2D eigenvalue weighted by atomic mass is 79.9. The topological polar surface area (TPSA) is 192 Å². The fourth-order valence-corrected chi connectivity index (χ4v) is 16.4. The normalized spacial score (nSPS) is 20.7. The minimum absolute atomic E-state index is 0.00281. The Kier molecular flexibility index (Phi) is 22.3. The molecule has 15 rings (SSSR count). The average Bonchev–Trinajstić information content (AvgIpc) is 1.59. The lowest BCUT2D eigenvalue weighted by molar-refractivity contribution is -0.160. The number of anilines is 1. The first kappa shape index (κ1) is 72.6. The SMILES string of the molecule is CC1(C)O[C@@H]2[C@@H](CCc3ccc4cc(Br)c(Cl)nc4c3)C[C@@H](n3ccc4c(Cl)nccc43)[C@@H]2O1.COc1ccc(CCc2nccc3c2ccn3[C@@H]2C[C@H](CCc3ccc4cc(Br)c(NCc5ccc(OC)cc5OC)nc4c3)[C@H]3OC(C)(C)O[C@H]32)c(OC)c1.COc1ccc(CN)c(OC)c1. The second-order valence-corrected chi connectivity index (χ2v) is 29.7. The van der Waals surface area contributed by atoms with Crippen LogP contribution in [0.1, 0.15) is 99.0 Å². The summed E-state index contributed by atoms with van der Waals surface area (Å²) in [5.41, 5.74) is 16.3. The smallest absolute Gasteiger partial charge is 0.163 e. The molecule has 2 aliphatic carbocycles. The molecule has 5 aromatic carbocycles. The third-order valence-corrected chi connectivity index (χ3v) is 22.2. The van der Waals surface area contributed by atoms with E-state index in [1.54, 1.807) is 48.9 Å². The third kappa shape index (κ3) is 15.7. The Morgan fingerprint density at radius 1 is 0.500 bits per heavy atom. The molecule has 534 valence electrons. The summed E-state index contributed by atoms with van der Waals surface area (Å²) in [6.07, 6.45) is 15.4.